The van der Waals surface area contributed by atoms with Crippen molar-refractivity contribution >= 4 is 17.0 Å². The van der Waals surface area contributed by atoms with E-state index in [2.05, 4.69) is 9.88 Å². The molecule has 2 aromatic carbocycles. The lowest BCUT2D eigenvalue weighted by Gasteiger charge is -2.28. The van der Waals surface area contributed by atoms with Crippen LogP contribution < -0.4 is 16.2 Å². The van der Waals surface area contributed by atoms with Crippen molar-refractivity contribution < 1.29 is 0 Å². The van der Waals surface area contributed by atoms with E-state index in [9.17, 15) is 4.79 Å². The molecule has 3 N–H and O–H groups in total. The number of hydrogen-bond acceptors (Lipinski definition) is 4. The van der Waals surface area contributed by atoms with Crippen molar-refractivity contribution in [3.8, 4) is 22.4 Å². The normalized spacial score (nSPS) is 14.4. The molecule has 1 aliphatic heterocycles. The minimum absolute atomic E-state index is 0.132. The maximum atomic E-state index is 13.6. The highest BCUT2D eigenvalue weighted by molar-refractivity contribution is 5.87. The van der Waals surface area contributed by atoms with Gasteiger partial charge in [0.25, 0.3) is 5.56 Å². The number of rotatable bonds is 3. The molecule has 5 rings (SSSR count). The lowest BCUT2D eigenvalue weighted by Crippen LogP contribution is -2.30. The van der Waals surface area contributed by atoms with Crippen LogP contribution in [0.25, 0.3) is 28.0 Å². The number of anilines is 2. The molecule has 4 aromatic rings. The highest BCUT2D eigenvalue weighted by Gasteiger charge is 2.25. The number of H-pyrrole nitrogens is 1. The maximum absolute atomic E-state index is 13.6. The minimum atomic E-state index is -0.132. The molecule has 1 saturated heterocycles. The summed E-state index contributed by atoms with van der Waals surface area (Å²) in [7, 11) is 0. The van der Waals surface area contributed by atoms with Gasteiger partial charge in [0.15, 0.2) is 5.65 Å². The molecular formula is C24H25N5O. The standard InChI is InChI=1S/C24H25N5O/c1-16-20(18-11-8-12-19(25)15-18)24(30)29-23(26-16)22(28-13-6-3-7-14-28)21(27-29)17-9-4-2-5-10-17/h2,4-5,8-12,15,26H,3,6-7,13-14,25H2,1H3. The van der Waals surface area contributed by atoms with Gasteiger partial charge >= 0.3 is 0 Å². The van der Waals surface area contributed by atoms with Crippen LogP contribution in [0, 0.1) is 6.92 Å². The molecule has 6 heteroatoms. The average Bonchev–Trinajstić information content (AvgIpc) is 3.15. The molecule has 152 valence electrons. The zero-order valence-corrected chi connectivity index (χ0v) is 17.1. The fourth-order valence-corrected chi connectivity index (χ4v) is 4.42. The van der Waals surface area contributed by atoms with Crippen molar-refractivity contribution in [1.29, 1.82) is 0 Å². The topological polar surface area (TPSA) is 79.4 Å². The van der Waals surface area contributed by atoms with E-state index in [0.29, 0.717) is 11.3 Å². The van der Waals surface area contributed by atoms with Gasteiger partial charge in [0, 0.05) is 30.0 Å². The molecule has 3 heterocycles. The predicted octanol–water partition coefficient (Wildman–Crippen LogP) is 4.24. The van der Waals surface area contributed by atoms with Crippen LogP contribution in [0.3, 0.4) is 0 Å². The molecule has 1 fully saturated rings. The third kappa shape index (κ3) is 3.05. The molecule has 0 amide bonds. The number of hydrogen-bond donors (Lipinski definition) is 2. The zero-order chi connectivity index (χ0) is 20.7. The van der Waals surface area contributed by atoms with Gasteiger partial charge in [-0.1, -0.05) is 42.5 Å². The van der Waals surface area contributed by atoms with E-state index < -0.39 is 0 Å². The SMILES string of the molecule is Cc1[nH]c2c(N3CCCCC3)c(-c3ccccc3)nn2c(=O)c1-c1cccc(N)c1. The van der Waals surface area contributed by atoms with Gasteiger partial charge in [0.2, 0.25) is 0 Å². The molecule has 6 nitrogen and oxygen atoms in total. The number of benzene rings is 2. The first-order chi connectivity index (χ1) is 14.6. The number of aromatic amines is 1. The van der Waals surface area contributed by atoms with Crippen molar-refractivity contribution in [2.45, 2.75) is 26.2 Å². The van der Waals surface area contributed by atoms with Crippen LogP contribution in [0.15, 0.2) is 59.4 Å². The number of aromatic nitrogens is 3. The van der Waals surface area contributed by atoms with Gasteiger partial charge in [-0.3, -0.25) is 4.79 Å². The van der Waals surface area contributed by atoms with Crippen molar-refractivity contribution in [3.05, 3.63) is 70.6 Å². The van der Waals surface area contributed by atoms with Crippen molar-refractivity contribution in [1.82, 2.24) is 14.6 Å². The second kappa shape index (κ2) is 7.37. The third-order valence-electron chi connectivity index (χ3n) is 5.84. The summed E-state index contributed by atoms with van der Waals surface area (Å²) in [6, 6.07) is 17.5. The molecule has 0 aliphatic carbocycles. The molecule has 0 unspecified atom stereocenters. The van der Waals surface area contributed by atoms with Gasteiger partial charge in [0.05, 0.1) is 5.56 Å². The third-order valence-corrected chi connectivity index (χ3v) is 5.84. The number of piperidine rings is 1. The Bertz CT molecular complexity index is 1270. The molecule has 0 saturated carbocycles. The fourth-order valence-electron chi connectivity index (χ4n) is 4.42. The van der Waals surface area contributed by atoms with Gasteiger partial charge < -0.3 is 15.6 Å². The molecule has 1 aliphatic rings. The van der Waals surface area contributed by atoms with E-state index >= 15 is 0 Å². The van der Waals surface area contributed by atoms with Crippen LogP contribution in [-0.2, 0) is 0 Å². The number of fused-ring (bicyclic) bond motifs is 1. The first kappa shape index (κ1) is 18.5. The van der Waals surface area contributed by atoms with E-state index in [4.69, 9.17) is 10.8 Å². The number of nitrogens with zero attached hydrogens (tertiary/aromatic N) is 3. The molecule has 0 atom stereocenters. The highest BCUT2D eigenvalue weighted by Crippen LogP contribution is 2.35. The van der Waals surface area contributed by atoms with Crippen LogP contribution in [0.5, 0.6) is 0 Å². The Labute approximate surface area is 175 Å². The van der Waals surface area contributed by atoms with Crippen molar-refractivity contribution in [2.24, 2.45) is 0 Å². The smallest absolute Gasteiger partial charge is 0.282 e. The average molecular weight is 399 g/mol. The Morgan fingerprint density at radius 2 is 1.70 bits per heavy atom. The fraction of sp³-hybridized carbons (Fsp3) is 0.250. The van der Waals surface area contributed by atoms with E-state index in [1.165, 1.54) is 10.9 Å². The van der Waals surface area contributed by atoms with Crippen molar-refractivity contribution in [3.63, 3.8) is 0 Å². The number of nitrogen functional groups attached to an aromatic ring is 1. The lowest BCUT2D eigenvalue weighted by molar-refractivity contribution is 0.579. The van der Waals surface area contributed by atoms with Crippen LogP contribution in [0.4, 0.5) is 11.4 Å². The van der Waals surface area contributed by atoms with E-state index in [0.717, 1.165) is 59.8 Å². The number of nitrogens with one attached hydrogen (secondary N) is 1. The van der Waals surface area contributed by atoms with Crippen LogP contribution in [-0.4, -0.2) is 27.7 Å². The van der Waals surface area contributed by atoms with Gasteiger partial charge in [0.1, 0.15) is 11.4 Å². The highest BCUT2D eigenvalue weighted by atomic mass is 16.1. The summed E-state index contributed by atoms with van der Waals surface area (Å²) in [6.45, 7) is 3.88. The Balaban J connectivity index is 1.80. The number of aryl methyl sites for hydroxylation is 1. The van der Waals surface area contributed by atoms with E-state index in [-0.39, 0.29) is 5.56 Å². The Morgan fingerprint density at radius 1 is 0.967 bits per heavy atom. The molecule has 0 spiro atoms. The maximum Gasteiger partial charge on any atom is 0.282 e. The van der Waals surface area contributed by atoms with Crippen LogP contribution in [0.1, 0.15) is 25.0 Å². The quantitative estimate of drug-likeness (QED) is 0.505. The largest absolute Gasteiger partial charge is 0.399 e. The van der Waals surface area contributed by atoms with Gasteiger partial charge in [-0.05, 0) is 43.9 Å². The summed E-state index contributed by atoms with van der Waals surface area (Å²) in [6.07, 6.45) is 3.54. The molecule has 30 heavy (non-hydrogen) atoms. The summed E-state index contributed by atoms with van der Waals surface area (Å²) >= 11 is 0. The molecule has 0 bridgehead atoms. The van der Waals surface area contributed by atoms with Gasteiger partial charge in [-0.25, -0.2) is 0 Å². The van der Waals surface area contributed by atoms with Gasteiger partial charge in [-0.2, -0.15) is 9.61 Å². The summed E-state index contributed by atoms with van der Waals surface area (Å²) in [5.74, 6) is 0. The summed E-state index contributed by atoms with van der Waals surface area (Å²) in [5, 5.41) is 4.81. The number of nitrogens with two attached hydrogens (primary N) is 1. The minimum Gasteiger partial charge on any atom is -0.399 e. The Kier molecular flexibility index (Phi) is 4.54. The Morgan fingerprint density at radius 3 is 2.43 bits per heavy atom. The second-order valence-corrected chi connectivity index (χ2v) is 7.93. The summed E-state index contributed by atoms with van der Waals surface area (Å²) < 4.78 is 1.53. The van der Waals surface area contributed by atoms with Crippen LogP contribution in [0.2, 0.25) is 0 Å². The van der Waals surface area contributed by atoms with Crippen LogP contribution >= 0.6 is 0 Å². The summed E-state index contributed by atoms with van der Waals surface area (Å²) in [4.78, 5) is 19.4. The predicted molar refractivity (Wildman–Crippen MR) is 122 cm³/mol. The first-order valence-corrected chi connectivity index (χ1v) is 10.5. The summed E-state index contributed by atoms with van der Waals surface area (Å²) in [5.41, 5.74) is 12.3. The van der Waals surface area contributed by atoms with Gasteiger partial charge in [-0.15, -0.1) is 0 Å². The first-order valence-electron chi connectivity index (χ1n) is 10.5. The molecule has 0 radical (unpaired) electrons. The zero-order valence-electron chi connectivity index (χ0n) is 17.1. The Hall–Kier alpha value is -3.54. The second-order valence-electron chi connectivity index (χ2n) is 7.93. The molecular weight excluding hydrogens is 374 g/mol. The lowest BCUT2D eigenvalue weighted by atomic mass is 10.0. The van der Waals surface area contributed by atoms with E-state index in [1.54, 1.807) is 0 Å². The van der Waals surface area contributed by atoms with Crippen molar-refractivity contribution in [2.75, 3.05) is 23.7 Å². The van der Waals surface area contributed by atoms with E-state index in [1.807, 2.05) is 61.5 Å². The monoisotopic (exact) mass is 399 g/mol. The molecule has 2 aromatic heterocycles.